The van der Waals surface area contributed by atoms with Gasteiger partial charge in [-0.05, 0) is 17.4 Å². The monoisotopic (exact) mass is 324 g/mol. The van der Waals surface area contributed by atoms with Crippen LogP contribution in [0.5, 0.6) is 0 Å². The van der Waals surface area contributed by atoms with Crippen LogP contribution >= 0.6 is 0 Å². The van der Waals surface area contributed by atoms with Crippen LogP contribution in [0.2, 0.25) is 0 Å². The van der Waals surface area contributed by atoms with Gasteiger partial charge < -0.3 is 0 Å². The first kappa shape index (κ1) is 29.8. The number of benzene rings is 1. The molecule has 1 aromatic carbocycles. The van der Waals surface area contributed by atoms with Crippen LogP contribution < -0.4 is 0 Å². The van der Waals surface area contributed by atoms with Crippen LogP contribution in [0.4, 0.5) is 0 Å². The van der Waals surface area contributed by atoms with Crippen molar-refractivity contribution < 1.29 is 4.79 Å². The maximum Gasteiger partial charge on any atom is 0.163 e. The summed E-state index contributed by atoms with van der Waals surface area (Å²) in [4.78, 5) is 11.7. The van der Waals surface area contributed by atoms with E-state index in [-0.39, 0.29) is 5.78 Å². The fraction of sp³-hybridized carbons (Fsp3) is 0.682. The number of rotatable bonds is 4. The lowest BCUT2D eigenvalue weighted by molar-refractivity contribution is 0.0968. The molecule has 0 aliphatic carbocycles. The van der Waals surface area contributed by atoms with E-state index in [4.69, 9.17) is 0 Å². The Bertz CT molecular complexity index is 320. The Kier molecular flexibility index (Phi) is 30.1. The molecule has 1 rings (SSSR count). The Labute approximate surface area is 147 Å². The summed E-state index contributed by atoms with van der Waals surface area (Å²) in [6.07, 6.45) is 0.640. The fourth-order valence-corrected chi connectivity index (χ4v) is 1.54. The third-order valence-electron chi connectivity index (χ3n) is 2.49. The molecule has 0 spiro atoms. The highest BCUT2D eigenvalue weighted by Gasteiger charge is 2.08. The van der Waals surface area contributed by atoms with E-state index in [1.54, 1.807) is 0 Å². The van der Waals surface area contributed by atoms with E-state index in [0.29, 0.717) is 18.3 Å². The Morgan fingerprint density at radius 1 is 0.739 bits per heavy atom. The second-order valence-electron chi connectivity index (χ2n) is 4.80. The number of ketones is 1. The van der Waals surface area contributed by atoms with Crippen molar-refractivity contribution in [3.05, 3.63) is 35.4 Å². The van der Waals surface area contributed by atoms with E-state index in [0.717, 1.165) is 5.56 Å². The Hall–Kier alpha value is -1.11. The zero-order chi connectivity index (χ0) is 19.4. The van der Waals surface area contributed by atoms with Gasteiger partial charge in [-0.2, -0.15) is 0 Å². The van der Waals surface area contributed by atoms with Crippen LogP contribution in [0.3, 0.4) is 0 Å². The van der Waals surface area contributed by atoms with E-state index < -0.39 is 0 Å². The van der Waals surface area contributed by atoms with Crippen molar-refractivity contribution in [2.24, 2.45) is 5.92 Å². The summed E-state index contributed by atoms with van der Waals surface area (Å²) < 4.78 is 0. The highest BCUT2D eigenvalue weighted by molar-refractivity contribution is 5.96. The largest absolute Gasteiger partial charge is 0.294 e. The summed E-state index contributed by atoms with van der Waals surface area (Å²) in [5, 5.41) is 0. The number of carbonyl (C=O) groups is 1. The topological polar surface area (TPSA) is 17.1 Å². The number of hydrogen-bond acceptors (Lipinski definition) is 1. The average molecular weight is 325 g/mol. The smallest absolute Gasteiger partial charge is 0.163 e. The molecule has 1 heteroatoms. The number of Topliss-reactive ketones (excluding diaryl/α,β-unsaturated/α-hetero) is 1. The first-order chi connectivity index (χ1) is 11.0. The molecular weight excluding hydrogens is 280 g/mol. The second-order valence-corrected chi connectivity index (χ2v) is 4.80. The first-order valence-electron chi connectivity index (χ1n) is 9.64. The number of hydrogen-bond donors (Lipinski definition) is 0. The van der Waals surface area contributed by atoms with Gasteiger partial charge in [-0.3, -0.25) is 4.79 Å². The lowest BCUT2D eigenvalue weighted by Gasteiger charge is -2.07. The Morgan fingerprint density at radius 2 is 1.09 bits per heavy atom. The summed E-state index contributed by atoms with van der Waals surface area (Å²) in [7, 11) is 0. The molecule has 0 aliphatic heterocycles. The molecule has 23 heavy (non-hydrogen) atoms. The average Bonchev–Trinajstić information content (AvgIpc) is 2.61. The highest BCUT2D eigenvalue weighted by atomic mass is 16.1. The van der Waals surface area contributed by atoms with Crippen LogP contribution in [0, 0.1) is 5.92 Å². The lowest BCUT2D eigenvalue weighted by atomic mass is 9.97. The normalized spacial score (nSPS) is 8.26. The quantitative estimate of drug-likeness (QED) is 0.511. The lowest BCUT2D eigenvalue weighted by Crippen LogP contribution is -2.03. The number of carbonyl (C=O) groups excluding carboxylic acids is 1. The predicted molar refractivity (Wildman–Crippen MR) is 110 cm³/mol. The van der Waals surface area contributed by atoms with Crippen molar-refractivity contribution in [2.45, 2.75) is 95.4 Å². The maximum atomic E-state index is 11.7. The summed E-state index contributed by atoms with van der Waals surface area (Å²) in [5.74, 6) is 1.21. The van der Waals surface area contributed by atoms with Gasteiger partial charge in [-0.15, -0.1) is 0 Å². The molecule has 0 unspecified atom stereocenters. The minimum Gasteiger partial charge on any atom is -0.294 e. The maximum absolute atomic E-state index is 11.7. The van der Waals surface area contributed by atoms with E-state index in [2.05, 4.69) is 39.8 Å². The van der Waals surface area contributed by atoms with Crippen LogP contribution in [-0.4, -0.2) is 5.78 Å². The molecular formula is C22H44O. The molecule has 0 bridgehead atoms. The predicted octanol–water partition coefficient (Wildman–Crippen LogP) is 8.14. The van der Waals surface area contributed by atoms with Gasteiger partial charge in [0.15, 0.2) is 5.78 Å². The summed E-state index contributed by atoms with van der Waals surface area (Å²) >= 11 is 0. The van der Waals surface area contributed by atoms with Crippen molar-refractivity contribution in [1.29, 1.82) is 0 Å². The molecule has 0 radical (unpaired) electrons. The zero-order valence-electron chi connectivity index (χ0n) is 18.1. The minimum atomic E-state index is 0.250. The molecule has 1 nitrogen and oxygen atoms in total. The van der Waals surface area contributed by atoms with Gasteiger partial charge in [-0.25, -0.2) is 0 Å². The molecule has 0 atom stereocenters. The van der Waals surface area contributed by atoms with Crippen molar-refractivity contribution in [1.82, 2.24) is 0 Å². The molecule has 0 aliphatic rings. The highest BCUT2D eigenvalue weighted by Crippen LogP contribution is 2.16. The zero-order valence-corrected chi connectivity index (χ0v) is 18.1. The van der Waals surface area contributed by atoms with Crippen molar-refractivity contribution in [3.63, 3.8) is 0 Å². The van der Waals surface area contributed by atoms with Crippen molar-refractivity contribution >= 4 is 5.78 Å². The van der Waals surface area contributed by atoms with Gasteiger partial charge in [0.25, 0.3) is 0 Å². The second kappa shape index (κ2) is 23.2. The summed E-state index contributed by atoms with van der Waals surface area (Å²) in [5.41, 5.74) is 2.13. The van der Waals surface area contributed by atoms with Crippen LogP contribution in [0.1, 0.15) is 111 Å². The van der Waals surface area contributed by atoms with E-state index >= 15 is 0 Å². The molecule has 0 aromatic heterocycles. The summed E-state index contributed by atoms with van der Waals surface area (Å²) in [6, 6.07) is 8.00. The molecule has 0 amide bonds. The molecule has 0 saturated heterocycles. The van der Waals surface area contributed by atoms with E-state index in [1.807, 2.05) is 67.5 Å². The first-order valence-corrected chi connectivity index (χ1v) is 9.64. The molecule has 138 valence electrons. The van der Waals surface area contributed by atoms with Gasteiger partial charge in [0.05, 0.1) is 0 Å². The van der Waals surface area contributed by atoms with Gasteiger partial charge in [-0.1, -0.05) is 107 Å². The molecule has 0 saturated carbocycles. The van der Waals surface area contributed by atoms with Crippen molar-refractivity contribution in [3.8, 4) is 0 Å². The van der Waals surface area contributed by atoms with Gasteiger partial charge in [0.2, 0.25) is 0 Å². The van der Waals surface area contributed by atoms with E-state index in [1.165, 1.54) is 5.56 Å². The van der Waals surface area contributed by atoms with Crippen LogP contribution in [-0.2, 0) is 0 Å². The van der Waals surface area contributed by atoms with Crippen LogP contribution in [0.15, 0.2) is 24.3 Å². The summed E-state index contributed by atoms with van der Waals surface area (Å²) in [6.45, 7) is 24.5. The van der Waals surface area contributed by atoms with Gasteiger partial charge >= 0.3 is 0 Å². The van der Waals surface area contributed by atoms with Gasteiger partial charge in [0.1, 0.15) is 0 Å². The van der Waals surface area contributed by atoms with Gasteiger partial charge in [0, 0.05) is 12.0 Å². The Balaban J connectivity index is -0.000000196. The molecule has 0 N–H and O–H groups in total. The Morgan fingerprint density at radius 3 is 1.35 bits per heavy atom. The van der Waals surface area contributed by atoms with Crippen molar-refractivity contribution in [2.75, 3.05) is 0 Å². The third-order valence-corrected chi connectivity index (χ3v) is 2.49. The molecule has 0 heterocycles. The standard InChI is InChI=1S/C14H20O.4C2H6/c1-10(2)9-14(15)13-7-5-12(6-8-13)11(3)4;4*1-2/h5-8,10-11H,9H2,1-4H3;4*1-2H3. The molecule has 1 aromatic rings. The fourth-order valence-electron chi connectivity index (χ4n) is 1.54. The minimum absolute atomic E-state index is 0.250. The third kappa shape index (κ3) is 17.1. The SMILES string of the molecule is CC.CC.CC.CC.CC(C)CC(=O)c1ccc(C(C)C)cc1. The molecule has 0 fully saturated rings. The van der Waals surface area contributed by atoms with Crippen LogP contribution in [0.25, 0.3) is 0 Å². The van der Waals surface area contributed by atoms with E-state index in [9.17, 15) is 4.79 Å².